The Balaban J connectivity index is 1.79. The maximum atomic E-state index is 12.6. The van der Waals surface area contributed by atoms with E-state index in [1.165, 1.54) is 6.92 Å². The highest BCUT2D eigenvalue weighted by Gasteiger charge is 2.29. The Kier molecular flexibility index (Phi) is 4.07. The zero-order valence-electron chi connectivity index (χ0n) is 13.1. The SMILES string of the molecule is CC(=O)N1CCc2cc(C(=O)N3CCCC(C(=O)O)C3)ccc21. The summed E-state index contributed by atoms with van der Waals surface area (Å²) in [4.78, 5) is 38.7. The molecule has 2 aliphatic rings. The van der Waals surface area contributed by atoms with Crippen molar-refractivity contribution in [1.82, 2.24) is 4.90 Å². The zero-order chi connectivity index (χ0) is 16.6. The summed E-state index contributed by atoms with van der Waals surface area (Å²) >= 11 is 0. The first kappa shape index (κ1) is 15.5. The number of fused-ring (bicyclic) bond motifs is 1. The maximum Gasteiger partial charge on any atom is 0.308 e. The van der Waals surface area contributed by atoms with Crippen molar-refractivity contribution in [3.8, 4) is 0 Å². The molecule has 1 saturated heterocycles. The summed E-state index contributed by atoms with van der Waals surface area (Å²) in [6, 6.07) is 5.38. The molecule has 0 aliphatic carbocycles. The third kappa shape index (κ3) is 2.93. The number of carbonyl (C=O) groups excluding carboxylic acids is 2. The summed E-state index contributed by atoms with van der Waals surface area (Å²) in [5.41, 5.74) is 2.44. The largest absolute Gasteiger partial charge is 0.481 e. The number of aliphatic carboxylic acids is 1. The van der Waals surface area contributed by atoms with Gasteiger partial charge in [0.1, 0.15) is 0 Å². The Labute approximate surface area is 134 Å². The van der Waals surface area contributed by atoms with Crippen LogP contribution in [0.15, 0.2) is 18.2 Å². The van der Waals surface area contributed by atoms with Crippen molar-refractivity contribution in [1.29, 1.82) is 0 Å². The third-order valence-corrected chi connectivity index (χ3v) is 4.66. The first-order valence-corrected chi connectivity index (χ1v) is 7.90. The highest BCUT2D eigenvalue weighted by atomic mass is 16.4. The van der Waals surface area contributed by atoms with Crippen LogP contribution in [0.3, 0.4) is 0 Å². The van der Waals surface area contributed by atoms with Gasteiger partial charge >= 0.3 is 5.97 Å². The van der Waals surface area contributed by atoms with Crippen LogP contribution >= 0.6 is 0 Å². The summed E-state index contributed by atoms with van der Waals surface area (Å²) < 4.78 is 0. The van der Waals surface area contributed by atoms with Gasteiger partial charge in [0.2, 0.25) is 5.91 Å². The van der Waals surface area contributed by atoms with Crippen molar-refractivity contribution < 1.29 is 19.5 Å². The van der Waals surface area contributed by atoms with E-state index in [0.29, 0.717) is 31.5 Å². The second-order valence-electron chi connectivity index (χ2n) is 6.19. The van der Waals surface area contributed by atoms with Crippen LogP contribution in [0.2, 0.25) is 0 Å². The first-order chi connectivity index (χ1) is 11.0. The maximum absolute atomic E-state index is 12.6. The zero-order valence-corrected chi connectivity index (χ0v) is 13.1. The van der Waals surface area contributed by atoms with E-state index in [2.05, 4.69) is 0 Å². The quantitative estimate of drug-likeness (QED) is 0.897. The van der Waals surface area contributed by atoms with E-state index in [1.54, 1.807) is 15.9 Å². The number of carboxylic acids is 1. The molecule has 3 rings (SSSR count). The predicted molar refractivity (Wildman–Crippen MR) is 84.4 cm³/mol. The van der Waals surface area contributed by atoms with Gasteiger partial charge in [-0.3, -0.25) is 14.4 Å². The molecule has 122 valence electrons. The molecule has 1 unspecified atom stereocenters. The number of benzene rings is 1. The van der Waals surface area contributed by atoms with Crippen LogP contribution in [0.4, 0.5) is 5.69 Å². The lowest BCUT2D eigenvalue weighted by Crippen LogP contribution is -2.42. The third-order valence-electron chi connectivity index (χ3n) is 4.66. The minimum absolute atomic E-state index is 0.00292. The number of hydrogen-bond donors (Lipinski definition) is 1. The summed E-state index contributed by atoms with van der Waals surface area (Å²) in [7, 11) is 0. The number of likely N-dealkylation sites (tertiary alicyclic amines) is 1. The minimum atomic E-state index is -0.839. The fourth-order valence-electron chi connectivity index (χ4n) is 3.41. The van der Waals surface area contributed by atoms with Crippen LogP contribution < -0.4 is 4.90 Å². The van der Waals surface area contributed by atoms with Gasteiger partial charge < -0.3 is 14.9 Å². The molecule has 2 heterocycles. The highest BCUT2D eigenvalue weighted by Crippen LogP contribution is 2.29. The van der Waals surface area contributed by atoms with Crippen molar-refractivity contribution in [2.45, 2.75) is 26.2 Å². The van der Waals surface area contributed by atoms with Crippen molar-refractivity contribution >= 4 is 23.5 Å². The molecule has 6 heteroatoms. The van der Waals surface area contributed by atoms with E-state index in [4.69, 9.17) is 5.11 Å². The number of hydrogen-bond acceptors (Lipinski definition) is 3. The topological polar surface area (TPSA) is 77.9 Å². The second-order valence-corrected chi connectivity index (χ2v) is 6.19. The fourth-order valence-corrected chi connectivity index (χ4v) is 3.41. The van der Waals surface area contributed by atoms with Gasteiger partial charge in [-0.25, -0.2) is 0 Å². The van der Waals surface area contributed by atoms with E-state index >= 15 is 0 Å². The van der Waals surface area contributed by atoms with Gasteiger partial charge in [-0.05, 0) is 43.0 Å². The van der Waals surface area contributed by atoms with E-state index in [0.717, 1.165) is 17.7 Å². The molecule has 1 N–H and O–H groups in total. The number of carboxylic acid groups (broad SMARTS) is 1. The Morgan fingerprint density at radius 3 is 2.70 bits per heavy atom. The number of rotatable bonds is 2. The van der Waals surface area contributed by atoms with Crippen molar-refractivity contribution in [2.24, 2.45) is 5.92 Å². The Morgan fingerprint density at radius 2 is 2.00 bits per heavy atom. The molecule has 1 fully saturated rings. The summed E-state index contributed by atoms with van der Waals surface area (Å²) in [5, 5.41) is 9.14. The molecule has 23 heavy (non-hydrogen) atoms. The standard InChI is InChI=1S/C17H20N2O4/c1-11(20)19-8-6-12-9-13(4-5-15(12)19)16(21)18-7-2-3-14(10-18)17(22)23/h4-5,9,14H,2-3,6-8,10H2,1H3,(H,22,23). The smallest absolute Gasteiger partial charge is 0.308 e. The van der Waals surface area contributed by atoms with Crippen LogP contribution in [0.1, 0.15) is 35.7 Å². The molecule has 6 nitrogen and oxygen atoms in total. The van der Waals surface area contributed by atoms with Gasteiger partial charge in [-0.1, -0.05) is 0 Å². The van der Waals surface area contributed by atoms with Gasteiger partial charge in [-0.15, -0.1) is 0 Å². The lowest BCUT2D eigenvalue weighted by molar-refractivity contribution is -0.143. The molecule has 0 aromatic heterocycles. The molecule has 0 radical (unpaired) electrons. The average molecular weight is 316 g/mol. The van der Waals surface area contributed by atoms with Crippen LogP contribution in [0.5, 0.6) is 0 Å². The Bertz CT molecular complexity index is 671. The number of nitrogens with zero attached hydrogens (tertiary/aromatic N) is 2. The van der Waals surface area contributed by atoms with E-state index < -0.39 is 11.9 Å². The lowest BCUT2D eigenvalue weighted by atomic mass is 9.97. The van der Waals surface area contributed by atoms with Gasteiger partial charge in [0, 0.05) is 37.8 Å². The summed E-state index contributed by atoms with van der Waals surface area (Å²) in [6.07, 6.45) is 2.08. The van der Waals surface area contributed by atoms with Gasteiger partial charge in [0.25, 0.3) is 5.91 Å². The first-order valence-electron chi connectivity index (χ1n) is 7.90. The number of carbonyl (C=O) groups is 3. The summed E-state index contributed by atoms with van der Waals surface area (Å²) in [5.74, 6) is -1.44. The average Bonchev–Trinajstić information content (AvgIpc) is 2.97. The van der Waals surface area contributed by atoms with Gasteiger partial charge in [-0.2, -0.15) is 0 Å². The van der Waals surface area contributed by atoms with E-state index in [9.17, 15) is 14.4 Å². The molecule has 0 spiro atoms. The van der Waals surface area contributed by atoms with Crippen LogP contribution in [0, 0.1) is 5.92 Å². The van der Waals surface area contributed by atoms with Crippen LogP contribution in [0.25, 0.3) is 0 Å². The van der Waals surface area contributed by atoms with E-state index in [-0.39, 0.29) is 18.4 Å². The van der Waals surface area contributed by atoms with E-state index in [1.807, 2.05) is 12.1 Å². The lowest BCUT2D eigenvalue weighted by Gasteiger charge is -2.30. The number of piperidine rings is 1. The molecule has 1 atom stereocenters. The molecule has 2 amide bonds. The van der Waals surface area contributed by atoms with Crippen LogP contribution in [-0.4, -0.2) is 47.4 Å². The molecule has 2 aliphatic heterocycles. The molecular formula is C17H20N2O4. The van der Waals surface area contributed by atoms with Crippen molar-refractivity contribution in [3.63, 3.8) is 0 Å². The normalized spacial score (nSPS) is 20.3. The Morgan fingerprint density at radius 1 is 1.22 bits per heavy atom. The highest BCUT2D eigenvalue weighted by molar-refractivity contribution is 5.98. The molecule has 1 aromatic rings. The molecule has 0 saturated carbocycles. The fraction of sp³-hybridized carbons (Fsp3) is 0.471. The van der Waals surface area contributed by atoms with Crippen molar-refractivity contribution in [2.75, 3.05) is 24.5 Å². The molecule has 0 bridgehead atoms. The molecule has 1 aromatic carbocycles. The minimum Gasteiger partial charge on any atom is -0.481 e. The number of anilines is 1. The second kappa shape index (κ2) is 6.02. The monoisotopic (exact) mass is 316 g/mol. The Hall–Kier alpha value is -2.37. The van der Waals surface area contributed by atoms with Gasteiger partial charge in [0.05, 0.1) is 5.92 Å². The number of amides is 2. The van der Waals surface area contributed by atoms with Gasteiger partial charge in [0.15, 0.2) is 0 Å². The predicted octanol–water partition coefficient (Wildman–Crippen LogP) is 1.53. The van der Waals surface area contributed by atoms with Crippen LogP contribution in [-0.2, 0) is 16.0 Å². The molecular weight excluding hydrogens is 296 g/mol. The van der Waals surface area contributed by atoms with Crippen molar-refractivity contribution in [3.05, 3.63) is 29.3 Å². The summed E-state index contributed by atoms with van der Waals surface area (Å²) in [6.45, 7) is 3.05.